The van der Waals surface area contributed by atoms with Crippen LogP contribution >= 0.6 is 27.5 Å². The minimum absolute atomic E-state index is 0.699. The SMILES string of the molecule is COc1ccc(-c2cc(-c3ccc(Br)cc3)nc3ccc(Cl)cc23)cc1. The molecule has 0 aliphatic carbocycles. The lowest BCUT2D eigenvalue weighted by atomic mass is 9.98. The van der Waals surface area contributed by atoms with E-state index in [0.29, 0.717) is 5.02 Å². The van der Waals surface area contributed by atoms with E-state index in [0.717, 1.165) is 43.5 Å². The Kier molecular flexibility index (Phi) is 4.66. The number of hydrogen-bond donors (Lipinski definition) is 0. The molecule has 1 heterocycles. The number of methoxy groups -OCH3 is 1. The molecule has 26 heavy (non-hydrogen) atoms. The first-order valence-corrected chi connectivity index (χ1v) is 9.32. The summed E-state index contributed by atoms with van der Waals surface area (Å²) in [6, 6.07) is 24.1. The maximum Gasteiger partial charge on any atom is 0.118 e. The van der Waals surface area contributed by atoms with Crippen LogP contribution in [0.2, 0.25) is 5.02 Å². The molecule has 0 amide bonds. The molecule has 0 N–H and O–H groups in total. The number of pyridine rings is 1. The topological polar surface area (TPSA) is 22.1 Å². The number of halogens is 2. The predicted molar refractivity (Wildman–Crippen MR) is 112 cm³/mol. The minimum Gasteiger partial charge on any atom is -0.497 e. The highest BCUT2D eigenvalue weighted by atomic mass is 79.9. The number of fused-ring (bicyclic) bond motifs is 1. The first kappa shape index (κ1) is 17.1. The summed E-state index contributed by atoms with van der Waals surface area (Å²) >= 11 is 9.73. The van der Waals surface area contributed by atoms with Gasteiger partial charge in [0.15, 0.2) is 0 Å². The molecule has 4 rings (SSSR count). The van der Waals surface area contributed by atoms with E-state index < -0.39 is 0 Å². The highest BCUT2D eigenvalue weighted by molar-refractivity contribution is 9.10. The molecule has 0 bridgehead atoms. The fraction of sp³-hybridized carbons (Fsp3) is 0.0455. The van der Waals surface area contributed by atoms with Crippen LogP contribution in [-0.2, 0) is 0 Å². The second kappa shape index (κ2) is 7.10. The zero-order valence-corrected chi connectivity index (χ0v) is 16.4. The van der Waals surface area contributed by atoms with Crippen molar-refractivity contribution in [2.24, 2.45) is 0 Å². The van der Waals surface area contributed by atoms with Crippen molar-refractivity contribution in [3.8, 4) is 28.1 Å². The van der Waals surface area contributed by atoms with Gasteiger partial charge in [-0.25, -0.2) is 4.98 Å². The van der Waals surface area contributed by atoms with Gasteiger partial charge in [0.1, 0.15) is 5.75 Å². The quantitative estimate of drug-likeness (QED) is 0.353. The van der Waals surface area contributed by atoms with Crippen LogP contribution in [0.25, 0.3) is 33.3 Å². The molecular formula is C22H15BrClNO. The Morgan fingerprint density at radius 3 is 2.23 bits per heavy atom. The van der Waals surface area contributed by atoms with Gasteiger partial charge in [0, 0.05) is 20.4 Å². The number of benzene rings is 3. The largest absolute Gasteiger partial charge is 0.497 e. The van der Waals surface area contributed by atoms with Crippen molar-refractivity contribution >= 4 is 38.4 Å². The molecular weight excluding hydrogens is 410 g/mol. The van der Waals surface area contributed by atoms with Crippen LogP contribution in [0.5, 0.6) is 5.75 Å². The van der Waals surface area contributed by atoms with Crippen molar-refractivity contribution in [3.05, 3.63) is 82.3 Å². The number of ether oxygens (including phenoxy) is 1. The van der Waals surface area contributed by atoms with E-state index in [1.54, 1.807) is 7.11 Å². The highest BCUT2D eigenvalue weighted by Gasteiger charge is 2.10. The predicted octanol–water partition coefficient (Wildman–Crippen LogP) is 6.99. The van der Waals surface area contributed by atoms with Gasteiger partial charge in [-0.05, 0) is 59.7 Å². The van der Waals surface area contributed by atoms with Gasteiger partial charge in [0.2, 0.25) is 0 Å². The normalized spacial score (nSPS) is 10.9. The Balaban J connectivity index is 1.95. The number of hydrogen-bond acceptors (Lipinski definition) is 2. The summed E-state index contributed by atoms with van der Waals surface area (Å²) in [6.45, 7) is 0. The van der Waals surface area contributed by atoms with Gasteiger partial charge >= 0.3 is 0 Å². The smallest absolute Gasteiger partial charge is 0.118 e. The van der Waals surface area contributed by atoms with Crippen molar-refractivity contribution in [2.45, 2.75) is 0 Å². The second-order valence-electron chi connectivity index (χ2n) is 5.95. The van der Waals surface area contributed by atoms with Crippen molar-refractivity contribution < 1.29 is 4.74 Å². The molecule has 0 spiro atoms. The average molecular weight is 425 g/mol. The third-order valence-electron chi connectivity index (χ3n) is 4.31. The van der Waals surface area contributed by atoms with Crippen LogP contribution in [0.3, 0.4) is 0 Å². The van der Waals surface area contributed by atoms with E-state index in [1.807, 2.05) is 42.5 Å². The maximum absolute atomic E-state index is 6.25. The molecule has 0 unspecified atom stereocenters. The molecule has 3 aromatic carbocycles. The maximum atomic E-state index is 6.25. The van der Waals surface area contributed by atoms with Crippen LogP contribution in [0.4, 0.5) is 0 Å². The van der Waals surface area contributed by atoms with Crippen molar-refractivity contribution in [2.75, 3.05) is 7.11 Å². The van der Waals surface area contributed by atoms with Gasteiger partial charge in [-0.1, -0.05) is 51.8 Å². The Hall–Kier alpha value is -2.36. The Bertz CT molecular complexity index is 1080. The lowest BCUT2D eigenvalue weighted by Gasteiger charge is -2.11. The number of aromatic nitrogens is 1. The monoisotopic (exact) mass is 423 g/mol. The summed E-state index contributed by atoms with van der Waals surface area (Å²) in [4.78, 5) is 4.84. The molecule has 128 valence electrons. The third-order valence-corrected chi connectivity index (χ3v) is 5.08. The molecule has 0 fully saturated rings. The van der Waals surface area contributed by atoms with Gasteiger partial charge in [0.25, 0.3) is 0 Å². The van der Waals surface area contributed by atoms with Crippen LogP contribution < -0.4 is 4.74 Å². The molecule has 0 aliphatic heterocycles. The fourth-order valence-corrected chi connectivity index (χ4v) is 3.41. The van der Waals surface area contributed by atoms with E-state index in [4.69, 9.17) is 21.3 Å². The fourth-order valence-electron chi connectivity index (χ4n) is 2.98. The van der Waals surface area contributed by atoms with E-state index in [2.05, 4.69) is 46.3 Å². The van der Waals surface area contributed by atoms with Crippen LogP contribution in [-0.4, -0.2) is 12.1 Å². The van der Waals surface area contributed by atoms with Gasteiger partial charge in [-0.2, -0.15) is 0 Å². The third kappa shape index (κ3) is 3.33. The molecule has 0 saturated carbocycles. The standard InChI is InChI=1S/C22H15BrClNO/c1-26-18-9-4-14(5-10-18)19-13-22(15-2-6-16(23)7-3-15)25-21-11-8-17(24)12-20(19)21/h2-13H,1H3. The van der Waals surface area contributed by atoms with Crippen LogP contribution in [0.1, 0.15) is 0 Å². The summed E-state index contributed by atoms with van der Waals surface area (Å²) in [5.74, 6) is 0.832. The summed E-state index contributed by atoms with van der Waals surface area (Å²) in [5, 5.41) is 1.73. The molecule has 0 saturated heterocycles. The molecule has 2 nitrogen and oxygen atoms in total. The van der Waals surface area contributed by atoms with Gasteiger partial charge < -0.3 is 4.74 Å². The molecule has 4 aromatic rings. The minimum atomic E-state index is 0.699. The number of nitrogens with zero attached hydrogens (tertiary/aromatic N) is 1. The summed E-state index contributed by atoms with van der Waals surface area (Å²) in [6.07, 6.45) is 0. The number of rotatable bonds is 3. The van der Waals surface area contributed by atoms with E-state index >= 15 is 0 Å². The van der Waals surface area contributed by atoms with Crippen molar-refractivity contribution in [1.82, 2.24) is 4.98 Å². The first-order chi connectivity index (χ1) is 12.6. The zero-order chi connectivity index (χ0) is 18.1. The molecule has 0 aliphatic rings. The zero-order valence-electron chi connectivity index (χ0n) is 14.0. The Labute approximate surface area is 165 Å². The summed E-state index contributed by atoms with van der Waals surface area (Å²) in [7, 11) is 1.67. The molecule has 0 atom stereocenters. The summed E-state index contributed by atoms with van der Waals surface area (Å²) in [5.41, 5.74) is 5.11. The highest BCUT2D eigenvalue weighted by Crippen LogP contribution is 2.34. The lowest BCUT2D eigenvalue weighted by Crippen LogP contribution is -1.90. The average Bonchev–Trinajstić information content (AvgIpc) is 2.68. The second-order valence-corrected chi connectivity index (χ2v) is 7.30. The molecule has 1 aromatic heterocycles. The summed E-state index contributed by atoms with van der Waals surface area (Å²) < 4.78 is 6.32. The van der Waals surface area contributed by atoms with Crippen molar-refractivity contribution in [1.29, 1.82) is 0 Å². The van der Waals surface area contributed by atoms with E-state index in [1.165, 1.54) is 0 Å². The van der Waals surface area contributed by atoms with Crippen LogP contribution in [0.15, 0.2) is 77.3 Å². The Morgan fingerprint density at radius 1 is 0.846 bits per heavy atom. The van der Waals surface area contributed by atoms with Gasteiger partial charge in [-0.15, -0.1) is 0 Å². The van der Waals surface area contributed by atoms with Crippen LogP contribution in [0, 0.1) is 0 Å². The van der Waals surface area contributed by atoms with Crippen molar-refractivity contribution in [3.63, 3.8) is 0 Å². The van der Waals surface area contributed by atoms with Gasteiger partial charge in [0.05, 0.1) is 18.3 Å². The molecule has 4 heteroatoms. The first-order valence-electron chi connectivity index (χ1n) is 8.15. The Morgan fingerprint density at radius 2 is 1.54 bits per heavy atom. The lowest BCUT2D eigenvalue weighted by molar-refractivity contribution is 0.415. The van der Waals surface area contributed by atoms with E-state index in [9.17, 15) is 0 Å². The van der Waals surface area contributed by atoms with Gasteiger partial charge in [-0.3, -0.25) is 0 Å². The van der Waals surface area contributed by atoms with E-state index in [-0.39, 0.29) is 0 Å². The molecule has 0 radical (unpaired) electrons.